The van der Waals surface area contributed by atoms with Crippen molar-refractivity contribution in [1.82, 2.24) is 9.97 Å². The Bertz CT molecular complexity index is 925. The molecule has 0 radical (unpaired) electrons. The minimum Gasteiger partial charge on any atom is -0.340 e. The van der Waals surface area contributed by atoms with Gasteiger partial charge in [-0.05, 0) is 55.3 Å². The molecule has 0 spiro atoms. The van der Waals surface area contributed by atoms with Gasteiger partial charge in [0.05, 0.1) is 0 Å². The minimum absolute atomic E-state index is 0.137. The topological polar surface area (TPSA) is 66.9 Å². The molecule has 0 aliphatic heterocycles. The van der Waals surface area contributed by atoms with Gasteiger partial charge >= 0.3 is 0 Å². The zero-order valence-electron chi connectivity index (χ0n) is 14.6. The predicted molar refractivity (Wildman–Crippen MR) is 108 cm³/mol. The van der Waals surface area contributed by atoms with Gasteiger partial charge in [-0.3, -0.25) is 4.79 Å². The highest BCUT2D eigenvalue weighted by Gasteiger charge is 2.10. The fourth-order valence-corrected chi connectivity index (χ4v) is 2.81. The number of rotatable bonds is 5. The van der Waals surface area contributed by atoms with E-state index in [2.05, 4.69) is 43.5 Å². The Balaban J connectivity index is 1.83. The number of hydrogen-bond donors (Lipinski definition) is 2. The van der Waals surface area contributed by atoms with Crippen molar-refractivity contribution in [2.45, 2.75) is 20.3 Å². The van der Waals surface area contributed by atoms with Gasteiger partial charge in [-0.1, -0.05) is 28.9 Å². The molecule has 2 N–H and O–H groups in total. The molecule has 3 rings (SSSR count). The van der Waals surface area contributed by atoms with E-state index in [1.54, 1.807) is 12.1 Å². The van der Waals surface area contributed by atoms with Crippen LogP contribution >= 0.6 is 15.9 Å². The van der Waals surface area contributed by atoms with Crippen molar-refractivity contribution in [3.05, 3.63) is 76.2 Å². The zero-order valence-corrected chi connectivity index (χ0v) is 16.2. The Morgan fingerprint density at radius 1 is 1.08 bits per heavy atom. The van der Waals surface area contributed by atoms with Crippen molar-refractivity contribution in [2.24, 2.45) is 0 Å². The summed E-state index contributed by atoms with van der Waals surface area (Å²) in [6.45, 7) is 3.97. The normalized spacial score (nSPS) is 10.4. The molecule has 6 heteroatoms. The molecule has 0 aliphatic rings. The Hall–Kier alpha value is -2.73. The Labute approximate surface area is 161 Å². The van der Waals surface area contributed by atoms with Gasteiger partial charge in [0.25, 0.3) is 5.91 Å². The van der Waals surface area contributed by atoms with Crippen LogP contribution in [0.4, 0.5) is 17.2 Å². The van der Waals surface area contributed by atoms with Crippen LogP contribution < -0.4 is 10.6 Å². The molecule has 2 aromatic carbocycles. The molecule has 5 nitrogen and oxygen atoms in total. The first-order chi connectivity index (χ1) is 12.5. The van der Waals surface area contributed by atoms with E-state index in [4.69, 9.17) is 0 Å². The number of halogens is 1. The van der Waals surface area contributed by atoms with Crippen molar-refractivity contribution in [2.75, 3.05) is 10.6 Å². The molecule has 0 saturated carbocycles. The van der Waals surface area contributed by atoms with Gasteiger partial charge in [-0.2, -0.15) is 0 Å². The van der Waals surface area contributed by atoms with E-state index in [0.29, 0.717) is 11.4 Å². The smallest absolute Gasteiger partial charge is 0.255 e. The minimum atomic E-state index is -0.137. The van der Waals surface area contributed by atoms with Gasteiger partial charge in [-0.25, -0.2) is 9.97 Å². The average molecular weight is 411 g/mol. The zero-order chi connectivity index (χ0) is 18.5. The Kier molecular flexibility index (Phi) is 5.63. The largest absolute Gasteiger partial charge is 0.340 e. The number of benzene rings is 2. The molecule has 1 aromatic heterocycles. The lowest BCUT2D eigenvalue weighted by Crippen LogP contribution is -2.13. The highest BCUT2D eigenvalue weighted by molar-refractivity contribution is 9.10. The first kappa shape index (κ1) is 18.1. The number of amides is 1. The molecular weight excluding hydrogens is 392 g/mol. The number of aromatic nitrogens is 2. The van der Waals surface area contributed by atoms with Crippen LogP contribution in [0.25, 0.3) is 0 Å². The van der Waals surface area contributed by atoms with E-state index >= 15 is 0 Å². The summed E-state index contributed by atoms with van der Waals surface area (Å²) in [5, 5.41) is 6.26. The maximum absolute atomic E-state index is 12.5. The van der Waals surface area contributed by atoms with E-state index in [-0.39, 0.29) is 5.91 Å². The van der Waals surface area contributed by atoms with Gasteiger partial charge in [0.2, 0.25) is 0 Å². The number of nitrogens with one attached hydrogen (secondary N) is 2. The van der Waals surface area contributed by atoms with E-state index < -0.39 is 0 Å². The van der Waals surface area contributed by atoms with Gasteiger partial charge in [0.15, 0.2) is 0 Å². The second kappa shape index (κ2) is 8.10. The lowest BCUT2D eigenvalue weighted by atomic mass is 10.1. The molecule has 132 valence electrons. The van der Waals surface area contributed by atoms with Crippen molar-refractivity contribution in [1.29, 1.82) is 0 Å². The number of carbonyl (C=O) groups excluding carboxylic acids is 1. The molecule has 0 bridgehead atoms. The molecule has 0 atom stereocenters. The molecule has 3 aromatic rings. The van der Waals surface area contributed by atoms with E-state index in [1.165, 1.54) is 6.33 Å². The van der Waals surface area contributed by atoms with Crippen LogP contribution in [0.1, 0.15) is 28.5 Å². The highest BCUT2D eigenvalue weighted by Crippen LogP contribution is 2.24. The third-order valence-corrected chi connectivity index (χ3v) is 4.45. The molecule has 0 unspecified atom stereocenters. The van der Waals surface area contributed by atoms with Crippen molar-refractivity contribution < 1.29 is 4.79 Å². The Morgan fingerprint density at radius 2 is 1.85 bits per heavy atom. The number of nitrogens with zero attached hydrogens (tertiary/aromatic N) is 2. The summed E-state index contributed by atoms with van der Waals surface area (Å²) in [7, 11) is 0. The third-order valence-electron chi connectivity index (χ3n) is 3.92. The quantitative estimate of drug-likeness (QED) is 0.613. The Morgan fingerprint density at radius 3 is 2.54 bits per heavy atom. The summed E-state index contributed by atoms with van der Waals surface area (Å²) < 4.78 is 0.939. The standard InChI is InChI=1S/C20H19BrN4O/c1-3-14-6-9-17(24-19-10-13(2)22-12-23-19)11-18(14)25-20(26)15-4-7-16(21)8-5-15/h4-12H,3H2,1-2H3,(H,25,26)(H,22,23,24). The molecule has 1 amide bonds. The summed E-state index contributed by atoms with van der Waals surface area (Å²) in [6, 6.07) is 15.1. The van der Waals surface area contributed by atoms with Crippen LogP contribution in [0.5, 0.6) is 0 Å². The molecule has 0 saturated heterocycles. The van der Waals surface area contributed by atoms with Crippen molar-refractivity contribution >= 4 is 39.0 Å². The summed E-state index contributed by atoms with van der Waals surface area (Å²) in [5.41, 5.74) is 4.21. The van der Waals surface area contributed by atoms with Crippen LogP contribution in [-0.4, -0.2) is 15.9 Å². The van der Waals surface area contributed by atoms with Crippen LogP contribution in [-0.2, 0) is 6.42 Å². The lowest BCUT2D eigenvalue weighted by Gasteiger charge is -2.13. The summed E-state index contributed by atoms with van der Waals surface area (Å²) >= 11 is 3.38. The van der Waals surface area contributed by atoms with Crippen LogP contribution in [0, 0.1) is 6.92 Å². The summed E-state index contributed by atoms with van der Waals surface area (Å²) in [6.07, 6.45) is 2.34. The second-order valence-electron chi connectivity index (χ2n) is 5.86. The molecule has 0 fully saturated rings. The van der Waals surface area contributed by atoms with Crippen LogP contribution in [0.15, 0.2) is 59.3 Å². The van der Waals surface area contributed by atoms with E-state index in [0.717, 1.165) is 33.5 Å². The summed E-state index contributed by atoms with van der Waals surface area (Å²) in [5.74, 6) is 0.578. The second-order valence-corrected chi connectivity index (χ2v) is 6.77. The fourth-order valence-electron chi connectivity index (χ4n) is 2.55. The first-order valence-electron chi connectivity index (χ1n) is 8.30. The summed E-state index contributed by atoms with van der Waals surface area (Å²) in [4.78, 5) is 20.8. The average Bonchev–Trinajstić information content (AvgIpc) is 2.62. The number of hydrogen-bond acceptors (Lipinski definition) is 4. The lowest BCUT2D eigenvalue weighted by molar-refractivity contribution is 0.102. The fraction of sp³-hybridized carbons (Fsp3) is 0.150. The molecule has 26 heavy (non-hydrogen) atoms. The first-order valence-corrected chi connectivity index (χ1v) is 9.10. The van der Waals surface area contributed by atoms with Gasteiger partial charge in [-0.15, -0.1) is 0 Å². The maximum Gasteiger partial charge on any atom is 0.255 e. The van der Waals surface area contributed by atoms with Crippen molar-refractivity contribution in [3.8, 4) is 0 Å². The number of carbonyl (C=O) groups is 1. The van der Waals surface area contributed by atoms with Crippen molar-refractivity contribution in [3.63, 3.8) is 0 Å². The number of anilines is 3. The predicted octanol–water partition coefficient (Wildman–Crippen LogP) is 5.11. The SMILES string of the molecule is CCc1ccc(Nc2cc(C)ncn2)cc1NC(=O)c1ccc(Br)cc1. The van der Waals surface area contributed by atoms with E-state index in [1.807, 2.05) is 43.3 Å². The van der Waals surface area contributed by atoms with Crippen LogP contribution in [0.2, 0.25) is 0 Å². The van der Waals surface area contributed by atoms with Crippen LogP contribution in [0.3, 0.4) is 0 Å². The third kappa shape index (κ3) is 4.46. The van der Waals surface area contributed by atoms with Gasteiger partial charge in [0.1, 0.15) is 12.1 Å². The molecule has 0 aliphatic carbocycles. The van der Waals surface area contributed by atoms with E-state index in [9.17, 15) is 4.79 Å². The van der Waals surface area contributed by atoms with Gasteiger partial charge < -0.3 is 10.6 Å². The van der Waals surface area contributed by atoms with Gasteiger partial charge in [0, 0.05) is 33.2 Å². The maximum atomic E-state index is 12.5. The highest BCUT2D eigenvalue weighted by atomic mass is 79.9. The molecular formula is C20H19BrN4O. The molecule has 1 heterocycles. The number of aryl methyl sites for hydroxylation is 2. The monoisotopic (exact) mass is 410 g/mol.